The van der Waals surface area contributed by atoms with E-state index in [0.717, 1.165) is 18.6 Å². The van der Waals surface area contributed by atoms with Crippen molar-refractivity contribution in [3.05, 3.63) is 48.2 Å². The Kier molecular flexibility index (Phi) is 6.19. The summed E-state index contributed by atoms with van der Waals surface area (Å²) in [7, 11) is 0. The number of aliphatic hydroxyl groups excluding tert-OH is 1. The topological polar surface area (TPSA) is 70.1 Å². The van der Waals surface area contributed by atoms with Gasteiger partial charge >= 0.3 is 0 Å². The number of hydrogen-bond acceptors (Lipinski definition) is 5. The quantitative estimate of drug-likeness (QED) is 0.578. The Morgan fingerprint density at radius 2 is 1.96 bits per heavy atom. The number of imide groups is 1. The smallest absolute Gasteiger partial charge is 0.278 e. The fraction of sp³-hybridized carbons (Fsp3) is 0.455. The van der Waals surface area contributed by atoms with Crippen LogP contribution in [-0.2, 0) is 9.59 Å². The number of hydrogen-bond donors (Lipinski definition) is 1. The van der Waals surface area contributed by atoms with Crippen LogP contribution in [0.15, 0.2) is 42.6 Å². The standard InChI is InChI=1S/C22H28N2O4/c1-4-11-24-21(26)19(17-7-9-18(10-8-17)28-15(2)3)20(22(24)27)23-12-5-6-16(13-23)14-25/h4,7-10,15-16,25H,1,5-6,11-14H2,2-3H3. The minimum atomic E-state index is -0.302. The van der Waals surface area contributed by atoms with Crippen LogP contribution in [-0.4, -0.2) is 59.1 Å². The third kappa shape index (κ3) is 3.97. The van der Waals surface area contributed by atoms with Crippen molar-refractivity contribution in [1.82, 2.24) is 9.80 Å². The number of likely N-dealkylation sites (tertiary alicyclic amines) is 1. The molecule has 2 heterocycles. The molecule has 2 aliphatic rings. The predicted molar refractivity (Wildman–Crippen MR) is 107 cm³/mol. The van der Waals surface area contributed by atoms with Crippen LogP contribution in [0.2, 0.25) is 0 Å². The molecule has 1 aromatic carbocycles. The summed E-state index contributed by atoms with van der Waals surface area (Å²) in [6.45, 7) is 9.10. The Balaban J connectivity index is 2.00. The summed E-state index contributed by atoms with van der Waals surface area (Å²) >= 11 is 0. The molecule has 0 bridgehead atoms. The van der Waals surface area contributed by atoms with Crippen molar-refractivity contribution in [2.75, 3.05) is 26.2 Å². The first kappa shape index (κ1) is 20.1. The highest BCUT2D eigenvalue weighted by atomic mass is 16.5. The van der Waals surface area contributed by atoms with E-state index < -0.39 is 0 Å². The van der Waals surface area contributed by atoms with Gasteiger partial charge in [-0.05, 0) is 50.3 Å². The van der Waals surface area contributed by atoms with Crippen molar-refractivity contribution in [1.29, 1.82) is 0 Å². The molecule has 0 saturated carbocycles. The first-order valence-corrected chi connectivity index (χ1v) is 9.80. The molecule has 6 nitrogen and oxygen atoms in total. The van der Waals surface area contributed by atoms with Gasteiger partial charge in [-0.1, -0.05) is 18.2 Å². The number of carbonyl (C=O) groups excluding carboxylic acids is 2. The molecule has 0 spiro atoms. The van der Waals surface area contributed by atoms with Crippen LogP contribution in [0.25, 0.3) is 5.57 Å². The van der Waals surface area contributed by atoms with Gasteiger partial charge in [0.25, 0.3) is 11.8 Å². The molecule has 1 fully saturated rings. The molecule has 150 valence electrons. The summed E-state index contributed by atoms with van der Waals surface area (Å²) in [5.74, 6) is 0.240. The molecule has 1 N–H and O–H groups in total. The summed E-state index contributed by atoms with van der Waals surface area (Å²) in [6, 6.07) is 7.29. The van der Waals surface area contributed by atoms with Crippen LogP contribution in [0.3, 0.4) is 0 Å². The fourth-order valence-corrected chi connectivity index (χ4v) is 3.80. The van der Waals surface area contributed by atoms with E-state index in [-0.39, 0.29) is 37.0 Å². The number of ether oxygens (including phenoxy) is 1. The number of nitrogens with zero attached hydrogens (tertiary/aromatic N) is 2. The zero-order chi connectivity index (χ0) is 20.3. The van der Waals surface area contributed by atoms with Crippen molar-refractivity contribution < 1.29 is 19.4 Å². The molecule has 2 aliphatic heterocycles. The van der Waals surface area contributed by atoms with E-state index in [4.69, 9.17) is 4.74 Å². The number of carbonyl (C=O) groups is 2. The lowest BCUT2D eigenvalue weighted by atomic mass is 9.97. The van der Waals surface area contributed by atoms with Gasteiger partial charge in [0.2, 0.25) is 0 Å². The van der Waals surface area contributed by atoms with Crippen molar-refractivity contribution in [3.8, 4) is 5.75 Å². The highest BCUT2D eigenvalue weighted by molar-refractivity contribution is 6.35. The second-order valence-corrected chi connectivity index (χ2v) is 7.56. The van der Waals surface area contributed by atoms with Gasteiger partial charge in [0.1, 0.15) is 11.4 Å². The zero-order valence-corrected chi connectivity index (χ0v) is 16.6. The van der Waals surface area contributed by atoms with Gasteiger partial charge in [-0.2, -0.15) is 0 Å². The van der Waals surface area contributed by atoms with Crippen molar-refractivity contribution in [2.24, 2.45) is 5.92 Å². The second kappa shape index (κ2) is 8.61. The first-order valence-electron chi connectivity index (χ1n) is 9.80. The van der Waals surface area contributed by atoms with Gasteiger partial charge in [-0.25, -0.2) is 0 Å². The average Bonchev–Trinajstić information content (AvgIpc) is 2.93. The Morgan fingerprint density at radius 1 is 1.25 bits per heavy atom. The third-order valence-electron chi connectivity index (χ3n) is 5.06. The number of piperidine rings is 1. The monoisotopic (exact) mass is 384 g/mol. The van der Waals surface area contributed by atoms with E-state index in [1.807, 2.05) is 43.0 Å². The van der Waals surface area contributed by atoms with Crippen LogP contribution >= 0.6 is 0 Å². The van der Waals surface area contributed by atoms with E-state index in [1.54, 1.807) is 6.08 Å². The fourth-order valence-electron chi connectivity index (χ4n) is 3.80. The summed E-state index contributed by atoms with van der Waals surface area (Å²) in [4.78, 5) is 29.3. The molecule has 2 amide bonds. The molecule has 1 atom stereocenters. The van der Waals surface area contributed by atoms with E-state index >= 15 is 0 Å². The minimum absolute atomic E-state index is 0.0576. The Labute approximate surface area is 166 Å². The Morgan fingerprint density at radius 3 is 2.57 bits per heavy atom. The molecule has 28 heavy (non-hydrogen) atoms. The average molecular weight is 384 g/mol. The van der Waals surface area contributed by atoms with E-state index in [2.05, 4.69) is 6.58 Å². The largest absolute Gasteiger partial charge is 0.491 e. The maximum atomic E-state index is 13.1. The number of amides is 2. The van der Waals surface area contributed by atoms with Gasteiger partial charge in [0.15, 0.2) is 0 Å². The number of benzene rings is 1. The predicted octanol–water partition coefficient (Wildman–Crippen LogP) is 2.44. The third-order valence-corrected chi connectivity index (χ3v) is 5.06. The molecule has 3 rings (SSSR count). The number of aliphatic hydroxyl groups is 1. The van der Waals surface area contributed by atoms with Crippen molar-refractivity contribution in [2.45, 2.75) is 32.8 Å². The lowest BCUT2D eigenvalue weighted by Gasteiger charge is -2.34. The molecule has 1 saturated heterocycles. The summed E-state index contributed by atoms with van der Waals surface area (Å²) in [5, 5.41) is 9.56. The van der Waals surface area contributed by atoms with Crippen molar-refractivity contribution in [3.63, 3.8) is 0 Å². The molecule has 0 aromatic heterocycles. The molecule has 0 radical (unpaired) electrons. The zero-order valence-electron chi connectivity index (χ0n) is 16.6. The lowest BCUT2D eigenvalue weighted by Crippen LogP contribution is -2.40. The molecule has 0 aliphatic carbocycles. The van der Waals surface area contributed by atoms with E-state index in [0.29, 0.717) is 29.9 Å². The molecule has 1 aromatic rings. The molecular weight excluding hydrogens is 356 g/mol. The lowest BCUT2D eigenvalue weighted by molar-refractivity contribution is -0.137. The van der Waals surface area contributed by atoms with Gasteiger partial charge in [0, 0.05) is 26.2 Å². The molecule has 6 heteroatoms. The summed E-state index contributed by atoms with van der Waals surface area (Å²) in [6.07, 6.45) is 3.42. The highest BCUT2D eigenvalue weighted by Crippen LogP contribution is 2.34. The maximum absolute atomic E-state index is 13.1. The Hall–Kier alpha value is -2.60. The normalized spacial score (nSPS) is 20.4. The molecule has 1 unspecified atom stereocenters. The van der Waals surface area contributed by atoms with Crippen LogP contribution in [0.1, 0.15) is 32.3 Å². The molecular formula is C22H28N2O4. The minimum Gasteiger partial charge on any atom is -0.491 e. The van der Waals surface area contributed by atoms with Crippen LogP contribution in [0.5, 0.6) is 5.75 Å². The van der Waals surface area contributed by atoms with E-state index in [9.17, 15) is 14.7 Å². The summed E-state index contributed by atoms with van der Waals surface area (Å²) < 4.78 is 5.68. The van der Waals surface area contributed by atoms with Gasteiger partial charge < -0.3 is 14.7 Å². The van der Waals surface area contributed by atoms with Crippen LogP contribution < -0.4 is 4.74 Å². The number of rotatable bonds is 7. The SMILES string of the molecule is C=CCN1C(=O)C(c2ccc(OC(C)C)cc2)=C(N2CCCC(CO)C2)C1=O. The van der Waals surface area contributed by atoms with E-state index in [1.165, 1.54) is 4.90 Å². The Bertz CT molecular complexity index is 782. The van der Waals surface area contributed by atoms with Crippen LogP contribution in [0, 0.1) is 5.92 Å². The van der Waals surface area contributed by atoms with Crippen LogP contribution in [0.4, 0.5) is 0 Å². The highest BCUT2D eigenvalue weighted by Gasteiger charge is 2.41. The van der Waals surface area contributed by atoms with Crippen molar-refractivity contribution >= 4 is 17.4 Å². The first-order chi connectivity index (χ1) is 13.5. The van der Waals surface area contributed by atoms with Gasteiger partial charge in [-0.15, -0.1) is 6.58 Å². The van der Waals surface area contributed by atoms with Gasteiger partial charge in [0.05, 0.1) is 11.7 Å². The van der Waals surface area contributed by atoms with Gasteiger partial charge in [-0.3, -0.25) is 14.5 Å². The second-order valence-electron chi connectivity index (χ2n) is 7.56. The summed E-state index contributed by atoms with van der Waals surface area (Å²) in [5.41, 5.74) is 1.55. The maximum Gasteiger partial charge on any atom is 0.278 e.